The number of pyridine rings is 2. The lowest BCUT2D eigenvalue weighted by Crippen LogP contribution is -2.05. The number of hydrogen-bond acceptors (Lipinski definition) is 5. The molecule has 3 aromatic rings. The van der Waals surface area contributed by atoms with Crippen molar-refractivity contribution in [1.82, 2.24) is 19.6 Å². The summed E-state index contributed by atoms with van der Waals surface area (Å²) in [6, 6.07) is 9.41. The Morgan fingerprint density at radius 2 is 2.20 bits per heavy atom. The van der Waals surface area contributed by atoms with Crippen LogP contribution in [-0.4, -0.2) is 19.6 Å². The van der Waals surface area contributed by atoms with Gasteiger partial charge in [0.15, 0.2) is 11.4 Å². The quantitative estimate of drug-likeness (QED) is 0.722. The minimum absolute atomic E-state index is 0.294. The van der Waals surface area contributed by atoms with Gasteiger partial charge in [0.05, 0.1) is 17.0 Å². The first kappa shape index (κ1) is 12.1. The van der Waals surface area contributed by atoms with E-state index >= 15 is 0 Å². The van der Waals surface area contributed by atoms with Gasteiger partial charge in [-0.05, 0) is 25.1 Å². The summed E-state index contributed by atoms with van der Waals surface area (Å²) < 4.78 is 7.45. The first-order chi connectivity index (χ1) is 9.79. The SMILES string of the molecule is Cc1nccc(C#N)c1OCc1cccc2ncnn12. The van der Waals surface area contributed by atoms with Crippen LogP contribution in [0.15, 0.2) is 36.8 Å². The number of aromatic nitrogens is 4. The molecule has 0 fully saturated rings. The molecule has 98 valence electrons. The minimum Gasteiger partial charge on any atom is -0.484 e. The summed E-state index contributed by atoms with van der Waals surface area (Å²) in [5.74, 6) is 0.507. The van der Waals surface area contributed by atoms with Gasteiger partial charge in [0, 0.05) is 6.20 Å². The first-order valence-electron chi connectivity index (χ1n) is 6.06. The number of aryl methyl sites for hydroxylation is 1. The highest BCUT2D eigenvalue weighted by atomic mass is 16.5. The zero-order valence-corrected chi connectivity index (χ0v) is 10.8. The van der Waals surface area contributed by atoms with Gasteiger partial charge in [-0.1, -0.05) is 6.07 Å². The normalized spacial score (nSPS) is 10.4. The highest BCUT2D eigenvalue weighted by Crippen LogP contribution is 2.21. The molecular weight excluding hydrogens is 254 g/mol. The molecule has 0 saturated carbocycles. The highest BCUT2D eigenvalue weighted by Gasteiger charge is 2.09. The van der Waals surface area contributed by atoms with E-state index in [1.54, 1.807) is 16.8 Å². The molecule has 0 aromatic carbocycles. The molecule has 0 saturated heterocycles. The lowest BCUT2D eigenvalue weighted by molar-refractivity contribution is 0.293. The topological polar surface area (TPSA) is 76.1 Å². The second-order valence-electron chi connectivity index (χ2n) is 4.22. The molecule has 0 radical (unpaired) electrons. The third-order valence-electron chi connectivity index (χ3n) is 2.95. The largest absolute Gasteiger partial charge is 0.484 e. The fourth-order valence-corrected chi connectivity index (χ4v) is 1.98. The van der Waals surface area contributed by atoms with Gasteiger partial charge in [0.2, 0.25) is 0 Å². The highest BCUT2D eigenvalue weighted by molar-refractivity contribution is 5.45. The lowest BCUT2D eigenvalue weighted by Gasteiger charge is -2.10. The van der Waals surface area contributed by atoms with Gasteiger partial charge < -0.3 is 4.74 Å². The number of nitrogens with zero attached hydrogens (tertiary/aromatic N) is 5. The fraction of sp³-hybridized carbons (Fsp3) is 0.143. The standard InChI is InChI=1S/C14H11N5O/c1-10-14(11(7-15)5-6-16-10)20-8-12-3-2-4-13-17-9-18-19(12)13/h2-6,9H,8H2,1H3. The molecule has 0 bridgehead atoms. The van der Waals surface area contributed by atoms with Crippen molar-refractivity contribution < 1.29 is 4.74 Å². The van der Waals surface area contributed by atoms with Crippen LogP contribution >= 0.6 is 0 Å². The smallest absolute Gasteiger partial charge is 0.158 e. The summed E-state index contributed by atoms with van der Waals surface area (Å²) in [6.07, 6.45) is 3.09. The van der Waals surface area contributed by atoms with Crippen LogP contribution in [0, 0.1) is 18.3 Å². The monoisotopic (exact) mass is 265 g/mol. The number of fused-ring (bicyclic) bond motifs is 1. The van der Waals surface area contributed by atoms with Crippen molar-refractivity contribution in [2.45, 2.75) is 13.5 Å². The first-order valence-corrected chi connectivity index (χ1v) is 6.06. The van der Waals surface area contributed by atoms with Crippen molar-refractivity contribution in [2.75, 3.05) is 0 Å². The van der Waals surface area contributed by atoms with Gasteiger partial charge in [-0.3, -0.25) is 4.98 Å². The lowest BCUT2D eigenvalue weighted by atomic mass is 10.2. The Hall–Kier alpha value is -2.94. The van der Waals surface area contributed by atoms with Crippen molar-refractivity contribution in [3.63, 3.8) is 0 Å². The van der Waals surface area contributed by atoms with Crippen molar-refractivity contribution in [2.24, 2.45) is 0 Å². The third kappa shape index (κ3) is 2.06. The molecule has 20 heavy (non-hydrogen) atoms. The molecule has 0 unspecified atom stereocenters. The van der Waals surface area contributed by atoms with Gasteiger partial charge >= 0.3 is 0 Å². The van der Waals surface area contributed by atoms with Crippen molar-refractivity contribution in [3.8, 4) is 11.8 Å². The summed E-state index contributed by atoms with van der Waals surface area (Å²) in [5.41, 5.74) is 2.78. The number of rotatable bonds is 3. The van der Waals surface area contributed by atoms with Gasteiger partial charge in [-0.2, -0.15) is 10.4 Å². The Morgan fingerprint density at radius 3 is 3.05 bits per heavy atom. The maximum Gasteiger partial charge on any atom is 0.158 e. The van der Waals surface area contributed by atoms with Crippen LogP contribution in [0.5, 0.6) is 5.75 Å². The van der Waals surface area contributed by atoms with E-state index in [2.05, 4.69) is 21.1 Å². The zero-order valence-electron chi connectivity index (χ0n) is 10.8. The maximum atomic E-state index is 9.09. The van der Waals surface area contributed by atoms with Gasteiger partial charge in [0.25, 0.3) is 0 Å². The van der Waals surface area contributed by atoms with Gasteiger partial charge in [-0.25, -0.2) is 9.50 Å². The molecule has 6 heteroatoms. The number of nitriles is 1. The molecule has 3 rings (SSSR count). The van der Waals surface area contributed by atoms with Crippen LogP contribution in [-0.2, 0) is 6.61 Å². The van der Waals surface area contributed by atoms with E-state index in [9.17, 15) is 0 Å². The van der Waals surface area contributed by atoms with Crippen molar-refractivity contribution in [3.05, 3.63) is 53.7 Å². The fourth-order valence-electron chi connectivity index (χ4n) is 1.98. The Labute approximate surface area is 115 Å². The maximum absolute atomic E-state index is 9.09. The molecule has 0 aliphatic rings. The van der Waals surface area contributed by atoms with E-state index in [0.717, 1.165) is 11.3 Å². The van der Waals surface area contributed by atoms with E-state index in [0.29, 0.717) is 23.6 Å². The zero-order chi connectivity index (χ0) is 13.9. The van der Waals surface area contributed by atoms with E-state index in [-0.39, 0.29) is 0 Å². The summed E-state index contributed by atoms with van der Waals surface area (Å²) in [6.45, 7) is 2.11. The molecule has 0 spiro atoms. The van der Waals surface area contributed by atoms with Gasteiger partial charge in [0.1, 0.15) is 19.0 Å². The average molecular weight is 265 g/mol. The minimum atomic E-state index is 0.294. The Balaban J connectivity index is 1.91. The predicted octanol–water partition coefficient (Wildman–Crippen LogP) is 1.88. The van der Waals surface area contributed by atoms with E-state index in [1.807, 2.05) is 25.1 Å². The molecule has 0 aliphatic carbocycles. The summed E-state index contributed by atoms with van der Waals surface area (Å²) in [4.78, 5) is 8.26. The average Bonchev–Trinajstić information content (AvgIpc) is 2.94. The molecule has 6 nitrogen and oxygen atoms in total. The van der Waals surface area contributed by atoms with Crippen LogP contribution in [0.3, 0.4) is 0 Å². The molecule has 0 aliphatic heterocycles. The Morgan fingerprint density at radius 1 is 1.30 bits per heavy atom. The summed E-state index contributed by atoms with van der Waals surface area (Å²) in [5, 5.41) is 13.2. The molecule has 0 amide bonds. The third-order valence-corrected chi connectivity index (χ3v) is 2.95. The molecule has 0 N–H and O–H groups in total. The van der Waals surface area contributed by atoms with E-state index in [4.69, 9.17) is 10.00 Å². The number of ether oxygens (including phenoxy) is 1. The van der Waals surface area contributed by atoms with Crippen LogP contribution in [0.1, 0.15) is 17.0 Å². The second-order valence-corrected chi connectivity index (χ2v) is 4.22. The molecule has 3 heterocycles. The summed E-state index contributed by atoms with van der Waals surface area (Å²) in [7, 11) is 0. The second kappa shape index (κ2) is 4.97. The predicted molar refractivity (Wildman–Crippen MR) is 71.0 cm³/mol. The molecule has 0 atom stereocenters. The van der Waals surface area contributed by atoms with E-state index < -0.39 is 0 Å². The van der Waals surface area contributed by atoms with E-state index in [1.165, 1.54) is 6.33 Å². The van der Waals surface area contributed by atoms with Crippen molar-refractivity contribution >= 4 is 5.65 Å². The molecule has 3 aromatic heterocycles. The van der Waals surface area contributed by atoms with Crippen LogP contribution in [0.2, 0.25) is 0 Å². The summed E-state index contributed by atoms with van der Waals surface area (Å²) >= 11 is 0. The van der Waals surface area contributed by atoms with Gasteiger partial charge in [-0.15, -0.1) is 0 Å². The Bertz CT molecular complexity index is 803. The van der Waals surface area contributed by atoms with Crippen LogP contribution < -0.4 is 4.74 Å². The van der Waals surface area contributed by atoms with Crippen LogP contribution in [0.4, 0.5) is 0 Å². The Kier molecular flexibility index (Phi) is 3.01. The molecular formula is C14H11N5O. The van der Waals surface area contributed by atoms with Crippen LogP contribution in [0.25, 0.3) is 5.65 Å². The number of hydrogen-bond donors (Lipinski definition) is 0. The van der Waals surface area contributed by atoms with Crippen molar-refractivity contribution in [1.29, 1.82) is 5.26 Å².